The smallest absolute Gasteiger partial charge is 0.123 e. The highest BCUT2D eigenvalue weighted by atomic mass is 16.5. The van der Waals surface area contributed by atoms with Crippen LogP contribution >= 0.6 is 0 Å². The molecule has 0 saturated heterocycles. The molecule has 1 rings (SSSR count). The number of likely N-dealkylation sites (N-methyl/N-ethyl adjacent to an activating group) is 1. The van der Waals surface area contributed by atoms with Crippen LogP contribution < -0.4 is 10.1 Å². The fourth-order valence-corrected chi connectivity index (χ4v) is 1.96. The molecule has 0 radical (unpaired) electrons. The summed E-state index contributed by atoms with van der Waals surface area (Å²) in [5.41, 5.74) is 1.23. The topological polar surface area (TPSA) is 24.5 Å². The summed E-state index contributed by atoms with van der Waals surface area (Å²) < 4.78 is 5.94. The Balaban J connectivity index is 2.39. The number of unbranched alkanes of at least 4 members (excludes halogenated alkanes) is 1. The second kappa shape index (κ2) is 9.78. The second-order valence-corrected chi connectivity index (χ2v) is 5.65. The average molecular weight is 278 g/mol. The van der Waals surface area contributed by atoms with E-state index in [1.165, 1.54) is 18.4 Å². The number of para-hydroxylation sites is 1. The van der Waals surface area contributed by atoms with Crippen molar-refractivity contribution >= 4 is 0 Å². The first-order valence-electron chi connectivity index (χ1n) is 7.76. The van der Waals surface area contributed by atoms with Gasteiger partial charge in [0, 0.05) is 24.7 Å². The Hall–Kier alpha value is -1.06. The maximum atomic E-state index is 5.94. The van der Waals surface area contributed by atoms with Gasteiger partial charge < -0.3 is 15.0 Å². The summed E-state index contributed by atoms with van der Waals surface area (Å²) in [5, 5.41) is 3.44. The van der Waals surface area contributed by atoms with Gasteiger partial charge in [-0.15, -0.1) is 0 Å². The molecule has 0 aliphatic carbocycles. The van der Waals surface area contributed by atoms with Crippen molar-refractivity contribution in [3.8, 4) is 5.75 Å². The zero-order valence-electron chi connectivity index (χ0n) is 13.5. The van der Waals surface area contributed by atoms with Crippen LogP contribution in [-0.4, -0.2) is 37.7 Å². The van der Waals surface area contributed by atoms with Crippen molar-refractivity contribution in [1.82, 2.24) is 10.2 Å². The lowest BCUT2D eigenvalue weighted by Gasteiger charge is -2.18. The summed E-state index contributed by atoms with van der Waals surface area (Å²) in [6, 6.07) is 8.78. The predicted molar refractivity (Wildman–Crippen MR) is 86.3 cm³/mol. The van der Waals surface area contributed by atoms with E-state index in [1.807, 2.05) is 6.07 Å². The normalized spacial score (nSPS) is 11.3. The van der Waals surface area contributed by atoms with E-state index >= 15 is 0 Å². The minimum absolute atomic E-state index is 0.489. The van der Waals surface area contributed by atoms with Crippen LogP contribution in [0.3, 0.4) is 0 Å². The van der Waals surface area contributed by atoms with Gasteiger partial charge in [0.25, 0.3) is 0 Å². The van der Waals surface area contributed by atoms with Gasteiger partial charge in [-0.25, -0.2) is 0 Å². The lowest BCUT2D eigenvalue weighted by atomic mass is 10.2. The van der Waals surface area contributed by atoms with Crippen LogP contribution in [0.2, 0.25) is 0 Å². The molecule has 20 heavy (non-hydrogen) atoms. The molecular formula is C17H30N2O. The van der Waals surface area contributed by atoms with E-state index in [9.17, 15) is 0 Å². The van der Waals surface area contributed by atoms with Crippen LogP contribution in [0.25, 0.3) is 0 Å². The van der Waals surface area contributed by atoms with Gasteiger partial charge in [0.2, 0.25) is 0 Å². The van der Waals surface area contributed by atoms with Crippen molar-refractivity contribution in [2.45, 2.75) is 46.2 Å². The SMILES string of the molecule is CCCCN(C)CCOc1ccccc1CNC(C)C. The molecule has 0 aromatic heterocycles. The quantitative estimate of drug-likeness (QED) is 0.711. The molecule has 1 aromatic carbocycles. The van der Waals surface area contributed by atoms with E-state index in [-0.39, 0.29) is 0 Å². The highest BCUT2D eigenvalue weighted by Gasteiger charge is 2.04. The van der Waals surface area contributed by atoms with Crippen molar-refractivity contribution < 1.29 is 4.74 Å². The zero-order valence-corrected chi connectivity index (χ0v) is 13.5. The highest BCUT2D eigenvalue weighted by molar-refractivity contribution is 5.33. The Morgan fingerprint density at radius 3 is 2.65 bits per heavy atom. The lowest BCUT2D eigenvalue weighted by molar-refractivity contribution is 0.234. The summed E-state index contributed by atoms with van der Waals surface area (Å²) in [6.07, 6.45) is 2.50. The minimum atomic E-state index is 0.489. The summed E-state index contributed by atoms with van der Waals surface area (Å²) in [7, 11) is 2.16. The van der Waals surface area contributed by atoms with Crippen LogP contribution in [0.15, 0.2) is 24.3 Å². The van der Waals surface area contributed by atoms with Crippen LogP contribution in [-0.2, 0) is 6.54 Å². The van der Waals surface area contributed by atoms with Crippen molar-refractivity contribution in [1.29, 1.82) is 0 Å². The number of nitrogens with one attached hydrogen (secondary N) is 1. The fourth-order valence-electron chi connectivity index (χ4n) is 1.96. The number of rotatable bonds is 10. The molecule has 0 aliphatic heterocycles. The van der Waals surface area contributed by atoms with Crippen LogP contribution in [0, 0.1) is 0 Å². The molecule has 1 aromatic rings. The average Bonchev–Trinajstić information content (AvgIpc) is 2.44. The van der Waals surface area contributed by atoms with Crippen molar-refractivity contribution in [2.24, 2.45) is 0 Å². The third kappa shape index (κ3) is 6.92. The largest absolute Gasteiger partial charge is 0.492 e. The predicted octanol–water partition coefficient (Wildman–Crippen LogP) is 3.30. The first kappa shape index (κ1) is 17.0. The lowest BCUT2D eigenvalue weighted by Crippen LogP contribution is -2.26. The zero-order chi connectivity index (χ0) is 14.8. The molecule has 0 atom stereocenters. The number of hydrogen-bond donors (Lipinski definition) is 1. The highest BCUT2D eigenvalue weighted by Crippen LogP contribution is 2.17. The monoisotopic (exact) mass is 278 g/mol. The molecule has 1 N–H and O–H groups in total. The number of ether oxygens (including phenoxy) is 1. The van der Waals surface area contributed by atoms with E-state index < -0.39 is 0 Å². The van der Waals surface area contributed by atoms with Crippen LogP contribution in [0.5, 0.6) is 5.75 Å². The number of nitrogens with zero attached hydrogens (tertiary/aromatic N) is 1. The van der Waals surface area contributed by atoms with Gasteiger partial charge in [-0.1, -0.05) is 45.4 Å². The molecule has 0 amide bonds. The van der Waals surface area contributed by atoms with Crippen molar-refractivity contribution in [3.05, 3.63) is 29.8 Å². The molecule has 0 heterocycles. The number of benzene rings is 1. The Morgan fingerprint density at radius 1 is 1.20 bits per heavy atom. The van der Waals surface area contributed by atoms with Gasteiger partial charge in [0.15, 0.2) is 0 Å². The maximum absolute atomic E-state index is 5.94. The second-order valence-electron chi connectivity index (χ2n) is 5.65. The van der Waals surface area contributed by atoms with Gasteiger partial charge in [-0.05, 0) is 26.1 Å². The summed E-state index contributed by atoms with van der Waals surface area (Å²) >= 11 is 0. The Kier molecular flexibility index (Phi) is 8.31. The Labute approximate surface area is 124 Å². The van der Waals surface area contributed by atoms with E-state index in [4.69, 9.17) is 4.74 Å². The van der Waals surface area contributed by atoms with Gasteiger partial charge in [-0.2, -0.15) is 0 Å². The van der Waals surface area contributed by atoms with Crippen LogP contribution in [0.1, 0.15) is 39.2 Å². The van der Waals surface area contributed by atoms with Gasteiger partial charge in [0.05, 0.1) is 0 Å². The first-order valence-corrected chi connectivity index (χ1v) is 7.76. The molecule has 3 nitrogen and oxygen atoms in total. The summed E-state index contributed by atoms with van der Waals surface area (Å²) in [4.78, 5) is 2.33. The fraction of sp³-hybridized carbons (Fsp3) is 0.647. The first-order chi connectivity index (χ1) is 9.63. The number of hydrogen-bond acceptors (Lipinski definition) is 3. The van der Waals surface area contributed by atoms with Gasteiger partial charge in [0.1, 0.15) is 12.4 Å². The standard InChI is InChI=1S/C17H30N2O/c1-5-6-11-19(4)12-13-20-17-10-8-7-9-16(17)14-18-15(2)3/h7-10,15,18H,5-6,11-14H2,1-4H3. The van der Waals surface area contributed by atoms with E-state index in [2.05, 4.69) is 56.2 Å². The molecule has 0 fully saturated rings. The molecule has 3 heteroatoms. The van der Waals surface area contributed by atoms with Gasteiger partial charge >= 0.3 is 0 Å². The van der Waals surface area contributed by atoms with Crippen molar-refractivity contribution in [3.63, 3.8) is 0 Å². The molecule has 0 spiro atoms. The third-order valence-electron chi connectivity index (χ3n) is 3.30. The van der Waals surface area contributed by atoms with Crippen molar-refractivity contribution in [2.75, 3.05) is 26.7 Å². The van der Waals surface area contributed by atoms with E-state index in [0.29, 0.717) is 6.04 Å². The Bertz CT molecular complexity index is 366. The van der Waals surface area contributed by atoms with Gasteiger partial charge in [-0.3, -0.25) is 0 Å². The summed E-state index contributed by atoms with van der Waals surface area (Å²) in [5.74, 6) is 1.00. The van der Waals surface area contributed by atoms with E-state index in [1.54, 1.807) is 0 Å². The minimum Gasteiger partial charge on any atom is -0.492 e. The van der Waals surface area contributed by atoms with E-state index in [0.717, 1.165) is 32.0 Å². The molecular weight excluding hydrogens is 248 g/mol. The maximum Gasteiger partial charge on any atom is 0.123 e. The Morgan fingerprint density at radius 2 is 1.95 bits per heavy atom. The summed E-state index contributed by atoms with van der Waals surface area (Å²) in [6.45, 7) is 10.3. The van der Waals surface area contributed by atoms with Crippen LogP contribution in [0.4, 0.5) is 0 Å². The third-order valence-corrected chi connectivity index (χ3v) is 3.30. The molecule has 0 unspecified atom stereocenters. The molecule has 0 bridgehead atoms. The molecule has 0 saturated carbocycles. The molecule has 0 aliphatic rings. The molecule has 114 valence electrons.